The Morgan fingerprint density at radius 1 is 0.491 bits per heavy atom. The molecule has 1 heterocycles. The van der Waals surface area contributed by atoms with Crippen LogP contribution >= 0.6 is 0 Å². The second kappa shape index (κ2) is 29.6. The molecule has 2 saturated carbocycles. The molecule has 294 valence electrons. The molecule has 0 radical (unpaired) electrons. The summed E-state index contributed by atoms with van der Waals surface area (Å²) in [5.41, 5.74) is 4.83. The van der Waals surface area contributed by atoms with Gasteiger partial charge in [0.2, 0.25) is 0 Å². The number of rotatable bonds is 0. The normalized spacial score (nSPS) is 17.6. The van der Waals surface area contributed by atoms with Crippen molar-refractivity contribution in [2.45, 2.75) is 43.4 Å². The van der Waals surface area contributed by atoms with E-state index in [4.69, 9.17) is 22.4 Å². The Balaban J connectivity index is 0.000000242. The van der Waals surface area contributed by atoms with Crippen molar-refractivity contribution in [1.82, 2.24) is 4.98 Å². The van der Waals surface area contributed by atoms with Gasteiger partial charge in [-0.05, 0) is 29.7 Å². The Morgan fingerprint density at radius 2 is 0.849 bits per heavy atom. The highest BCUT2D eigenvalue weighted by Crippen LogP contribution is 2.67. The molecule has 3 aliphatic carbocycles. The molecular formula is C20H17NO2S30. The van der Waals surface area contributed by atoms with Gasteiger partial charge in [0, 0.05) is 319 Å². The summed E-state index contributed by atoms with van der Waals surface area (Å²) in [6.45, 7) is 2.10. The molecule has 3 aliphatic rings. The number of aryl methyl sites for hydroxylation is 1. The van der Waals surface area contributed by atoms with Crippen LogP contribution in [0.15, 0.2) is 36.5 Å². The third-order valence-corrected chi connectivity index (χ3v) is 67.0. The zero-order chi connectivity index (χ0) is 37.6. The molecule has 3 nitrogen and oxygen atoms in total. The summed E-state index contributed by atoms with van der Waals surface area (Å²) in [7, 11) is 49.1. The van der Waals surface area contributed by atoms with E-state index in [-0.39, 0.29) is 22.4 Å². The molecule has 2 aromatic rings. The Kier molecular flexibility index (Phi) is 27.9. The first kappa shape index (κ1) is 50.0. The molecule has 0 N–H and O–H groups in total. The average molecular weight is 1270 g/mol. The number of pyridine rings is 1. The monoisotopic (exact) mass is 1260 g/mol. The highest BCUT2D eigenvalue weighted by atomic mass is 33.5. The van der Waals surface area contributed by atoms with Crippen LogP contribution in [0.4, 0.5) is 0 Å². The maximum Gasteiger partial charge on any atom is 0.134 e. The maximum atomic E-state index is 12.5. The smallest absolute Gasteiger partial charge is 0.134 e. The molecule has 1 aromatic heterocycles. The third kappa shape index (κ3) is 16.2. The highest BCUT2D eigenvalue weighted by molar-refractivity contribution is 8.80. The molecule has 0 atom stereocenters. The molecule has 1 aromatic carbocycles. The fourth-order valence-corrected chi connectivity index (χ4v) is 77.3. The number of Topliss-reactive ketones (excluding diaryl/α,β-unsaturated/α-hetero) is 2. The third-order valence-electron chi connectivity index (χ3n) is 6.99. The Bertz CT molecular complexity index is 2980. The number of fused-ring (bicyclic) bond motifs is 3. The van der Waals surface area contributed by atoms with E-state index < -0.39 is 0 Å². The number of ketones is 2. The largest absolute Gasteiger partial charge is 0.300 e. The Morgan fingerprint density at radius 3 is 1.23 bits per heavy atom. The number of nitrogens with zero attached hydrogens (tertiary/aromatic N) is 1. The van der Waals surface area contributed by atoms with Crippen LogP contribution in [-0.4, -0.2) is 16.6 Å². The second-order valence-corrected chi connectivity index (χ2v) is 58.8. The number of hydrogen-bond acceptors (Lipinski definition) is 5. The lowest BCUT2D eigenvalue weighted by Crippen LogP contribution is -2.44. The lowest BCUT2D eigenvalue weighted by molar-refractivity contribution is -0.120. The second-order valence-electron chi connectivity index (χ2n) is 9.25. The minimum atomic E-state index is -0.371. The summed E-state index contributed by atoms with van der Waals surface area (Å²) in [4.78, 5) is 29.7. The zero-order valence-corrected chi connectivity index (χ0v) is 49.8. The van der Waals surface area contributed by atoms with E-state index in [0.29, 0.717) is 25.7 Å². The lowest BCUT2D eigenvalue weighted by atomic mass is 9.55. The summed E-state index contributed by atoms with van der Waals surface area (Å²) in [5.74, 6) is 0.562. The quantitative estimate of drug-likeness (QED) is 0.407. The number of aromatic nitrogens is 1. The van der Waals surface area contributed by atoms with Gasteiger partial charge in [-0.15, -0.1) is 0 Å². The fraction of sp³-hybridized carbons (Fsp3) is 0.350. The van der Waals surface area contributed by atoms with E-state index in [1.165, 1.54) is 28.9 Å². The Labute approximate surface area is 396 Å². The molecule has 33 heteroatoms. The van der Waals surface area contributed by atoms with Crippen LogP contribution in [0, 0.1) is 6.92 Å². The van der Waals surface area contributed by atoms with Crippen molar-refractivity contribution >= 4 is 283 Å². The molecule has 0 spiro atoms. The molecule has 0 aliphatic heterocycles. The standard InChI is InChI=1S/C20H17NO2.S30/c1-12-4-2-5-15-17(12)20-10-13(22)8-19(20,9-14(23)11-20)16-6-3-7-21-18(15)16;1-3-5-7-9-11-13-15-17-19-21-23-25-27-29-30-28-26-24-22-20-18-16-14-12-10-8-6-4-2/h2-7H,8-11H2,1H3;. The van der Waals surface area contributed by atoms with Crippen LogP contribution in [0.25, 0.3) is 11.3 Å². The van der Waals surface area contributed by atoms with E-state index in [0.717, 1.165) is 16.8 Å². The van der Waals surface area contributed by atoms with Crippen molar-refractivity contribution in [3.63, 3.8) is 0 Å². The van der Waals surface area contributed by atoms with Gasteiger partial charge in [0.1, 0.15) is 11.6 Å². The van der Waals surface area contributed by atoms with Gasteiger partial charge in [-0.2, -0.15) is 0 Å². The van der Waals surface area contributed by atoms with Crippen molar-refractivity contribution in [2.75, 3.05) is 0 Å². The Hall–Kier alpha value is 4.31. The van der Waals surface area contributed by atoms with Gasteiger partial charge in [-0.25, -0.2) is 0 Å². The molecule has 0 amide bonds. The van der Waals surface area contributed by atoms with Crippen LogP contribution in [0.1, 0.15) is 42.4 Å². The molecule has 53 heavy (non-hydrogen) atoms. The summed E-state index contributed by atoms with van der Waals surface area (Å²) in [6, 6.07) is 10.3. The van der Waals surface area contributed by atoms with Gasteiger partial charge in [0.25, 0.3) is 0 Å². The molecular weight excluding hydrogens is 1250 g/mol. The topological polar surface area (TPSA) is 47.0 Å². The van der Waals surface area contributed by atoms with E-state index in [9.17, 15) is 9.59 Å². The van der Waals surface area contributed by atoms with Crippen LogP contribution in [0.3, 0.4) is 0 Å². The summed E-state index contributed by atoms with van der Waals surface area (Å²) in [6.07, 6.45) is 3.74. The van der Waals surface area contributed by atoms with E-state index in [1.807, 2.05) is 125 Å². The first-order valence-corrected chi connectivity index (χ1v) is 51.7. The summed E-state index contributed by atoms with van der Waals surface area (Å²) < 4.78 is 0. The predicted molar refractivity (Wildman–Crippen MR) is 307 cm³/mol. The van der Waals surface area contributed by atoms with Crippen LogP contribution in [0.5, 0.6) is 0 Å². The average Bonchev–Trinajstić information content (AvgIpc) is 3.60. The van der Waals surface area contributed by atoms with Crippen molar-refractivity contribution < 1.29 is 9.59 Å². The first-order chi connectivity index (χ1) is 26.0. The fourth-order valence-electron chi connectivity index (χ4n) is 5.94. The minimum Gasteiger partial charge on any atom is -0.300 e. The maximum absolute atomic E-state index is 12.5. The van der Waals surface area contributed by atoms with Gasteiger partial charge < -0.3 is 0 Å². The van der Waals surface area contributed by atoms with E-state index in [1.54, 1.807) is 124 Å². The van der Waals surface area contributed by atoms with Crippen LogP contribution in [0.2, 0.25) is 0 Å². The lowest BCUT2D eigenvalue weighted by Gasteiger charge is -2.46. The summed E-state index contributed by atoms with van der Waals surface area (Å²) >= 11 is 9.57. The van der Waals surface area contributed by atoms with Crippen molar-refractivity contribution in [1.29, 1.82) is 0 Å². The SMILES string of the molecule is Cc1cccc2c1C13CC(=O)CC1(CC(=O)C3)c1cccnc1-2.S=S=S=S=S=S=S=S=S=S=S=S=S=S=S=S=S=S=S=S=S=S=S=S=S=S=S=S=S=S. The molecule has 5 rings (SSSR count). The van der Waals surface area contributed by atoms with Gasteiger partial charge in [0.05, 0.1) is 5.69 Å². The van der Waals surface area contributed by atoms with Gasteiger partial charge in [0.15, 0.2) is 0 Å². The van der Waals surface area contributed by atoms with Gasteiger partial charge in [-0.1, -0.05) is 24.3 Å². The molecule has 0 saturated heterocycles. The van der Waals surface area contributed by atoms with Crippen LogP contribution < -0.4 is 0 Å². The predicted octanol–water partition coefficient (Wildman–Crippen LogP) is 3.20. The van der Waals surface area contributed by atoms with E-state index >= 15 is 0 Å². The molecule has 0 unspecified atom stereocenters. The number of carbonyl (C=O) groups excluding carboxylic acids is 2. The zero-order valence-electron chi connectivity index (χ0n) is 25.3. The number of hydrogen-bond donors (Lipinski definition) is 0. The number of benzene rings is 1. The van der Waals surface area contributed by atoms with Crippen molar-refractivity contribution in [2.24, 2.45) is 0 Å². The minimum absolute atomic E-state index is 0.281. The molecule has 2 fully saturated rings. The van der Waals surface area contributed by atoms with E-state index in [2.05, 4.69) is 30.1 Å². The van der Waals surface area contributed by atoms with Gasteiger partial charge in [-0.3, -0.25) is 14.6 Å². The van der Waals surface area contributed by atoms with Crippen LogP contribution in [-0.2, 0) is 291 Å². The number of carbonyl (C=O) groups is 2. The first-order valence-electron chi connectivity index (χ1n) is 13.0. The highest BCUT2D eigenvalue weighted by Gasteiger charge is 2.67. The van der Waals surface area contributed by atoms with Gasteiger partial charge >= 0.3 is 0 Å². The van der Waals surface area contributed by atoms with Crippen molar-refractivity contribution in [3.8, 4) is 11.3 Å². The van der Waals surface area contributed by atoms with Crippen molar-refractivity contribution in [3.05, 3.63) is 53.2 Å². The summed E-state index contributed by atoms with van der Waals surface area (Å²) in [5, 5.41) is 0. The molecule has 0 bridgehead atoms.